The topological polar surface area (TPSA) is 102 Å². The van der Waals surface area contributed by atoms with Crippen molar-refractivity contribution >= 4 is 27.5 Å². The van der Waals surface area contributed by atoms with Gasteiger partial charge in [0.15, 0.2) is 0 Å². The maximum atomic E-state index is 12.4. The molecule has 9 heteroatoms. The zero-order chi connectivity index (χ0) is 21.0. The van der Waals surface area contributed by atoms with Crippen molar-refractivity contribution in [3.63, 3.8) is 0 Å². The molecule has 0 aliphatic carbocycles. The predicted octanol–water partition coefficient (Wildman–Crippen LogP) is 1.82. The average molecular weight is 418 g/mol. The molecule has 1 fully saturated rings. The molecule has 1 atom stereocenters. The third-order valence-corrected chi connectivity index (χ3v) is 6.29. The van der Waals surface area contributed by atoms with Crippen LogP contribution in [-0.2, 0) is 14.8 Å². The minimum Gasteiger partial charge on any atom is -0.497 e. The van der Waals surface area contributed by atoms with Gasteiger partial charge in [0, 0.05) is 5.56 Å². The lowest BCUT2D eigenvalue weighted by atomic mass is 10.1. The van der Waals surface area contributed by atoms with Crippen molar-refractivity contribution in [1.82, 2.24) is 5.32 Å². The smallest absolute Gasteiger partial charge is 0.251 e. The molecule has 3 rings (SSSR count). The summed E-state index contributed by atoms with van der Waals surface area (Å²) in [7, 11) is -2.14. The van der Waals surface area contributed by atoms with Gasteiger partial charge in [-0.3, -0.25) is 9.59 Å². The number of amides is 2. The van der Waals surface area contributed by atoms with E-state index in [1.165, 1.54) is 12.1 Å². The summed E-state index contributed by atoms with van der Waals surface area (Å²) in [6, 6.07) is 13.1. The van der Waals surface area contributed by atoms with E-state index < -0.39 is 21.8 Å². The summed E-state index contributed by atoms with van der Waals surface area (Å²) in [6.07, 6.45) is 0. The summed E-state index contributed by atoms with van der Waals surface area (Å²) >= 11 is 0. The van der Waals surface area contributed by atoms with Crippen LogP contribution in [-0.4, -0.2) is 46.2 Å². The fourth-order valence-electron chi connectivity index (χ4n) is 2.97. The van der Waals surface area contributed by atoms with Gasteiger partial charge in [-0.15, -0.1) is 0 Å². The second-order valence-corrected chi connectivity index (χ2v) is 8.47. The zero-order valence-corrected chi connectivity index (χ0v) is 16.9. The number of carbonyl (C=O) groups is 2. The lowest BCUT2D eigenvalue weighted by Gasteiger charge is -2.16. The number of nitrogens with one attached hydrogen (secondary N) is 1. The minimum atomic E-state index is -3.71. The van der Waals surface area contributed by atoms with E-state index in [0.29, 0.717) is 5.75 Å². The van der Waals surface area contributed by atoms with Gasteiger partial charge in [-0.05, 0) is 42.5 Å². The average Bonchev–Trinajstić information content (AvgIpc) is 2.92. The van der Waals surface area contributed by atoms with Crippen LogP contribution < -0.4 is 19.1 Å². The van der Waals surface area contributed by atoms with Crippen LogP contribution in [0.25, 0.3) is 0 Å². The van der Waals surface area contributed by atoms with Gasteiger partial charge in [0.2, 0.25) is 15.9 Å². The fraction of sp³-hybridized carbons (Fsp3) is 0.300. The highest BCUT2D eigenvalue weighted by molar-refractivity contribution is 7.94. The molecule has 8 nitrogen and oxygen atoms in total. The van der Waals surface area contributed by atoms with Crippen molar-refractivity contribution in [3.05, 3.63) is 54.1 Å². The summed E-state index contributed by atoms with van der Waals surface area (Å²) in [5, 5.41) is 2.71. The van der Waals surface area contributed by atoms with Crippen molar-refractivity contribution in [1.29, 1.82) is 0 Å². The van der Waals surface area contributed by atoms with Crippen LogP contribution in [0.3, 0.4) is 0 Å². The molecular weight excluding hydrogens is 396 g/mol. The molecule has 2 amide bonds. The Morgan fingerprint density at radius 2 is 1.86 bits per heavy atom. The summed E-state index contributed by atoms with van der Waals surface area (Å²) in [6.45, 7) is 2.08. The Labute approximate surface area is 169 Å². The molecular formula is C20H22N2O6S. The number of carbonyl (C=O) groups excluding carboxylic acids is 2. The van der Waals surface area contributed by atoms with Crippen LogP contribution >= 0.6 is 0 Å². The minimum absolute atomic E-state index is 0.168. The lowest BCUT2D eigenvalue weighted by Crippen LogP contribution is -2.31. The normalized spacial score (nSPS) is 17.8. The first-order chi connectivity index (χ1) is 13.8. The standard InChI is InChI=1S/C20H22N2O6S/c1-14-13-29(25,26)22(20(14)24)16-5-3-4-15(12-16)19(23)21-10-11-28-18-8-6-17(27-2)7-9-18/h3-9,12,14H,10-11,13H2,1-2H3,(H,21,23)/t14-/m1/s1. The number of benzene rings is 2. The van der Waals surface area contributed by atoms with E-state index >= 15 is 0 Å². The van der Waals surface area contributed by atoms with E-state index in [4.69, 9.17) is 9.47 Å². The van der Waals surface area contributed by atoms with Crippen LogP contribution in [0.4, 0.5) is 5.69 Å². The fourth-order valence-corrected chi connectivity index (χ4v) is 4.78. The van der Waals surface area contributed by atoms with Crippen LogP contribution in [0, 0.1) is 5.92 Å². The van der Waals surface area contributed by atoms with Gasteiger partial charge in [0.25, 0.3) is 5.91 Å². The van der Waals surface area contributed by atoms with Crippen LogP contribution in [0.2, 0.25) is 0 Å². The zero-order valence-electron chi connectivity index (χ0n) is 16.1. The van der Waals surface area contributed by atoms with Crippen molar-refractivity contribution in [2.75, 3.05) is 30.3 Å². The summed E-state index contributed by atoms with van der Waals surface area (Å²) < 4.78 is 35.9. The molecule has 0 bridgehead atoms. The van der Waals surface area contributed by atoms with Gasteiger partial charge in [0.1, 0.15) is 18.1 Å². The first-order valence-electron chi connectivity index (χ1n) is 9.04. The van der Waals surface area contributed by atoms with Crippen molar-refractivity contribution in [3.8, 4) is 11.5 Å². The van der Waals surface area contributed by atoms with Gasteiger partial charge in [-0.1, -0.05) is 13.0 Å². The van der Waals surface area contributed by atoms with E-state index in [2.05, 4.69) is 5.32 Å². The molecule has 2 aromatic rings. The number of sulfonamides is 1. The molecule has 0 radical (unpaired) electrons. The van der Waals surface area contributed by atoms with Crippen molar-refractivity contribution < 1.29 is 27.5 Å². The Morgan fingerprint density at radius 1 is 1.17 bits per heavy atom. The summed E-state index contributed by atoms with van der Waals surface area (Å²) in [5.41, 5.74) is 0.427. The largest absolute Gasteiger partial charge is 0.497 e. The highest BCUT2D eigenvalue weighted by Gasteiger charge is 2.42. The maximum absolute atomic E-state index is 12.4. The summed E-state index contributed by atoms with van der Waals surface area (Å²) in [4.78, 5) is 24.6. The number of rotatable bonds is 7. The number of hydrogen-bond acceptors (Lipinski definition) is 6. The van der Waals surface area contributed by atoms with Crippen molar-refractivity contribution in [2.45, 2.75) is 6.92 Å². The van der Waals surface area contributed by atoms with E-state index in [1.807, 2.05) is 0 Å². The summed E-state index contributed by atoms with van der Waals surface area (Å²) in [5.74, 6) is -0.344. The Hall–Kier alpha value is -3.07. The van der Waals surface area contributed by atoms with E-state index in [1.54, 1.807) is 50.4 Å². The third kappa shape index (κ3) is 4.68. The molecule has 154 valence electrons. The molecule has 0 spiro atoms. The Kier molecular flexibility index (Phi) is 6.07. The van der Waals surface area contributed by atoms with Gasteiger partial charge >= 0.3 is 0 Å². The number of hydrogen-bond donors (Lipinski definition) is 1. The monoisotopic (exact) mass is 418 g/mol. The Morgan fingerprint density at radius 3 is 2.48 bits per heavy atom. The first kappa shape index (κ1) is 20.7. The highest BCUT2D eigenvalue weighted by Crippen LogP contribution is 2.28. The predicted molar refractivity (Wildman–Crippen MR) is 108 cm³/mol. The molecule has 1 N–H and O–H groups in total. The molecule has 1 aliphatic rings. The lowest BCUT2D eigenvalue weighted by molar-refractivity contribution is -0.119. The molecule has 0 saturated carbocycles. The highest BCUT2D eigenvalue weighted by atomic mass is 32.2. The van der Waals surface area contributed by atoms with Gasteiger partial charge in [-0.25, -0.2) is 12.7 Å². The number of anilines is 1. The quantitative estimate of drug-likeness (QED) is 0.688. The van der Waals surface area contributed by atoms with E-state index in [0.717, 1.165) is 10.1 Å². The first-order valence-corrected chi connectivity index (χ1v) is 10.6. The number of methoxy groups -OCH3 is 1. The molecule has 0 aromatic heterocycles. The Bertz CT molecular complexity index is 1000. The Balaban J connectivity index is 1.59. The van der Waals surface area contributed by atoms with E-state index in [9.17, 15) is 18.0 Å². The third-order valence-electron chi connectivity index (χ3n) is 4.42. The molecule has 0 unspecified atom stereocenters. The second-order valence-electron chi connectivity index (χ2n) is 6.61. The van der Waals surface area contributed by atoms with Gasteiger partial charge < -0.3 is 14.8 Å². The van der Waals surface area contributed by atoms with Crippen LogP contribution in [0.5, 0.6) is 11.5 Å². The molecule has 1 saturated heterocycles. The maximum Gasteiger partial charge on any atom is 0.251 e. The van der Waals surface area contributed by atoms with Crippen LogP contribution in [0.1, 0.15) is 17.3 Å². The van der Waals surface area contributed by atoms with Crippen molar-refractivity contribution in [2.24, 2.45) is 5.92 Å². The second kappa shape index (κ2) is 8.52. The molecule has 1 heterocycles. The van der Waals surface area contributed by atoms with Gasteiger partial charge in [0.05, 0.1) is 31.0 Å². The molecule has 29 heavy (non-hydrogen) atoms. The number of ether oxygens (including phenoxy) is 2. The van der Waals surface area contributed by atoms with Gasteiger partial charge in [-0.2, -0.15) is 0 Å². The van der Waals surface area contributed by atoms with Crippen LogP contribution in [0.15, 0.2) is 48.5 Å². The van der Waals surface area contributed by atoms with E-state index in [-0.39, 0.29) is 36.1 Å². The SMILES string of the molecule is COc1ccc(OCCNC(=O)c2cccc(N3C(=O)[C@H](C)CS3(=O)=O)c2)cc1. The molecule has 1 aliphatic heterocycles. The number of nitrogens with zero attached hydrogens (tertiary/aromatic N) is 1. The molecule has 2 aromatic carbocycles.